The van der Waals surface area contributed by atoms with Gasteiger partial charge in [0.1, 0.15) is 11.4 Å². The fourth-order valence-electron chi connectivity index (χ4n) is 3.04. The summed E-state index contributed by atoms with van der Waals surface area (Å²) in [7, 11) is 0. The van der Waals surface area contributed by atoms with E-state index in [1.165, 1.54) is 0 Å². The van der Waals surface area contributed by atoms with Crippen molar-refractivity contribution in [2.75, 3.05) is 26.2 Å². The summed E-state index contributed by atoms with van der Waals surface area (Å²) in [5.41, 5.74) is -0.387. The number of hydrogen-bond acceptors (Lipinski definition) is 4. The first-order valence-electron chi connectivity index (χ1n) is 9.14. The van der Waals surface area contributed by atoms with Crippen LogP contribution in [0, 0.1) is 5.92 Å². The molecule has 0 unspecified atom stereocenters. The lowest BCUT2D eigenvalue weighted by atomic mass is 9.93. The lowest BCUT2D eigenvalue weighted by Crippen LogP contribution is -2.36. The van der Waals surface area contributed by atoms with Gasteiger partial charge in [-0.05, 0) is 83.3 Å². The Morgan fingerprint density at radius 1 is 1.20 bits per heavy atom. The Hall–Kier alpha value is -1.26. The zero-order valence-corrected chi connectivity index (χ0v) is 16.3. The number of nitrogens with zero attached hydrogens (tertiary/aromatic N) is 1. The van der Waals surface area contributed by atoms with Crippen LogP contribution in [0.4, 0.5) is 0 Å². The van der Waals surface area contributed by atoms with Crippen LogP contribution in [0.15, 0.2) is 24.3 Å². The Morgan fingerprint density at radius 3 is 2.44 bits per heavy atom. The monoisotopic (exact) mass is 367 g/mol. The Labute approximate surface area is 156 Å². The molecular weight excluding hydrogens is 338 g/mol. The molecule has 0 bridgehead atoms. The number of carbonyl (C=O) groups excluding carboxylic acids is 1. The molecule has 1 aromatic rings. The summed E-state index contributed by atoms with van der Waals surface area (Å²) in [6.07, 6.45) is 3.68. The average molecular weight is 368 g/mol. The van der Waals surface area contributed by atoms with Gasteiger partial charge in [-0.2, -0.15) is 0 Å². The van der Waals surface area contributed by atoms with E-state index in [2.05, 4.69) is 4.90 Å². The molecule has 0 aliphatic carbocycles. The van der Waals surface area contributed by atoms with Gasteiger partial charge in [0, 0.05) is 18.0 Å². The van der Waals surface area contributed by atoms with Crippen LogP contribution in [0.1, 0.15) is 46.5 Å². The van der Waals surface area contributed by atoms with Crippen molar-refractivity contribution in [2.24, 2.45) is 5.92 Å². The third kappa shape index (κ3) is 8.10. The van der Waals surface area contributed by atoms with Crippen LogP contribution in [-0.4, -0.2) is 42.7 Å². The molecular formula is C20H30ClNO3. The molecule has 0 saturated carbocycles. The third-order valence-corrected chi connectivity index (χ3v) is 4.54. The van der Waals surface area contributed by atoms with Crippen molar-refractivity contribution in [3.05, 3.63) is 29.3 Å². The smallest absolute Gasteiger partial charge is 0.306 e. The van der Waals surface area contributed by atoms with Crippen LogP contribution in [0.3, 0.4) is 0 Å². The summed E-state index contributed by atoms with van der Waals surface area (Å²) >= 11 is 5.86. The van der Waals surface area contributed by atoms with Gasteiger partial charge in [-0.3, -0.25) is 4.79 Å². The molecule has 0 amide bonds. The standard InChI is InChI=1S/C20H30ClNO3/c1-20(2,3)25-19(23)15-16-9-12-22(13-10-16)11-4-14-24-18-7-5-17(21)6-8-18/h5-8,16H,4,9-15H2,1-3H3. The van der Waals surface area contributed by atoms with Gasteiger partial charge >= 0.3 is 5.97 Å². The summed E-state index contributed by atoms with van der Waals surface area (Å²) in [5, 5.41) is 0.724. The Bertz CT molecular complexity index is 531. The highest BCUT2D eigenvalue weighted by atomic mass is 35.5. The molecule has 1 saturated heterocycles. The van der Waals surface area contributed by atoms with E-state index in [9.17, 15) is 4.79 Å². The van der Waals surface area contributed by atoms with Crippen LogP contribution in [0.2, 0.25) is 5.02 Å². The fraction of sp³-hybridized carbons (Fsp3) is 0.650. The highest BCUT2D eigenvalue weighted by Gasteiger charge is 2.24. The molecule has 1 aromatic carbocycles. The van der Waals surface area contributed by atoms with E-state index in [1.807, 2.05) is 45.0 Å². The predicted molar refractivity (Wildman–Crippen MR) is 101 cm³/mol. The molecule has 5 heteroatoms. The van der Waals surface area contributed by atoms with E-state index in [4.69, 9.17) is 21.1 Å². The Balaban J connectivity index is 1.57. The number of rotatable bonds is 7. The molecule has 4 nitrogen and oxygen atoms in total. The lowest BCUT2D eigenvalue weighted by Gasteiger charge is -2.32. The molecule has 1 aliphatic rings. The van der Waals surface area contributed by atoms with Gasteiger partial charge in [0.05, 0.1) is 6.61 Å². The van der Waals surface area contributed by atoms with Gasteiger partial charge in [0.15, 0.2) is 0 Å². The largest absolute Gasteiger partial charge is 0.494 e. The van der Waals surface area contributed by atoms with Crippen LogP contribution in [-0.2, 0) is 9.53 Å². The second-order valence-electron chi connectivity index (χ2n) is 7.73. The minimum absolute atomic E-state index is 0.0673. The van der Waals surface area contributed by atoms with E-state index < -0.39 is 0 Å². The van der Waals surface area contributed by atoms with Gasteiger partial charge in [-0.1, -0.05) is 11.6 Å². The predicted octanol–water partition coefficient (Wildman–Crippen LogP) is 4.55. The van der Waals surface area contributed by atoms with E-state index in [-0.39, 0.29) is 11.6 Å². The third-order valence-electron chi connectivity index (χ3n) is 4.28. The summed E-state index contributed by atoms with van der Waals surface area (Å²) in [5.74, 6) is 1.25. The van der Waals surface area contributed by atoms with E-state index in [1.54, 1.807) is 0 Å². The number of piperidine rings is 1. The summed E-state index contributed by atoms with van der Waals surface area (Å²) < 4.78 is 11.1. The first-order valence-corrected chi connectivity index (χ1v) is 9.52. The highest BCUT2D eigenvalue weighted by molar-refractivity contribution is 6.30. The van der Waals surface area contributed by atoms with Crippen LogP contribution < -0.4 is 4.74 Å². The van der Waals surface area contributed by atoms with E-state index >= 15 is 0 Å². The highest BCUT2D eigenvalue weighted by Crippen LogP contribution is 2.22. The van der Waals surface area contributed by atoms with Crippen molar-refractivity contribution in [3.8, 4) is 5.75 Å². The van der Waals surface area contributed by atoms with Crippen molar-refractivity contribution in [3.63, 3.8) is 0 Å². The van der Waals surface area contributed by atoms with Crippen molar-refractivity contribution in [1.29, 1.82) is 0 Å². The molecule has 0 spiro atoms. The first-order chi connectivity index (χ1) is 11.8. The number of halogens is 1. The topological polar surface area (TPSA) is 38.8 Å². The molecule has 0 atom stereocenters. The Morgan fingerprint density at radius 2 is 1.84 bits per heavy atom. The second kappa shape index (κ2) is 9.44. The normalized spacial score (nSPS) is 16.6. The van der Waals surface area contributed by atoms with Crippen LogP contribution >= 0.6 is 11.6 Å². The molecule has 0 aromatic heterocycles. The number of esters is 1. The minimum Gasteiger partial charge on any atom is -0.494 e. The van der Waals surface area contributed by atoms with Gasteiger partial charge in [-0.15, -0.1) is 0 Å². The Kier molecular flexibility index (Phi) is 7.57. The maximum Gasteiger partial charge on any atom is 0.306 e. The van der Waals surface area contributed by atoms with Gasteiger partial charge < -0.3 is 14.4 Å². The maximum absolute atomic E-state index is 11.9. The van der Waals surface area contributed by atoms with Gasteiger partial charge in [-0.25, -0.2) is 0 Å². The molecule has 1 aliphatic heterocycles. The first kappa shape index (κ1) is 20.1. The molecule has 1 heterocycles. The average Bonchev–Trinajstić information content (AvgIpc) is 2.53. The van der Waals surface area contributed by atoms with Crippen LogP contribution in [0.25, 0.3) is 0 Å². The number of likely N-dealkylation sites (tertiary alicyclic amines) is 1. The molecule has 1 fully saturated rings. The van der Waals surface area contributed by atoms with E-state index in [0.29, 0.717) is 18.9 Å². The number of carbonyl (C=O) groups is 1. The van der Waals surface area contributed by atoms with Gasteiger partial charge in [0.25, 0.3) is 0 Å². The summed E-state index contributed by atoms with van der Waals surface area (Å²) in [6.45, 7) is 9.59. The van der Waals surface area contributed by atoms with E-state index in [0.717, 1.165) is 49.7 Å². The summed E-state index contributed by atoms with van der Waals surface area (Å²) in [4.78, 5) is 14.4. The SMILES string of the molecule is CC(C)(C)OC(=O)CC1CCN(CCCOc2ccc(Cl)cc2)CC1. The lowest BCUT2D eigenvalue weighted by molar-refractivity contribution is -0.156. The maximum atomic E-state index is 11.9. The van der Waals surface area contributed by atoms with Crippen LogP contribution in [0.5, 0.6) is 5.75 Å². The molecule has 140 valence electrons. The molecule has 2 rings (SSSR count). The van der Waals surface area contributed by atoms with Crippen molar-refractivity contribution in [2.45, 2.75) is 52.1 Å². The summed E-state index contributed by atoms with van der Waals surface area (Å²) in [6, 6.07) is 7.47. The van der Waals surface area contributed by atoms with Crippen molar-refractivity contribution in [1.82, 2.24) is 4.90 Å². The van der Waals surface area contributed by atoms with Gasteiger partial charge in [0.2, 0.25) is 0 Å². The van der Waals surface area contributed by atoms with Crippen molar-refractivity contribution < 1.29 is 14.3 Å². The van der Waals surface area contributed by atoms with Crippen molar-refractivity contribution >= 4 is 17.6 Å². The fourth-order valence-corrected chi connectivity index (χ4v) is 3.17. The molecule has 0 N–H and O–H groups in total. The quantitative estimate of drug-likeness (QED) is 0.523. The number of ether oxygens (including phenoxy) is 2. The zero-order valence-electron chi connectivity index (χ0n) is 15.6. The number of benzene rings is 1. The molecule has 25 heavy (non-hydrogen) atoms. The zero-order chi connectivity index (χ0) is 18.3. The second-order valence-corrected chi connectivity index (χ2v) is 8.17. The molecule has 0 radical (unpaired) electrons. The minimum atomic E-state index is -0.387. The number of hydrogen-bond donors (Lipinski definition) is 0.